The van der Waals surface area contributed by atoms with Gasteiger partial charge in [0.05, 0.1) is 18.8 Å². The second-order valence-corrected chi connectivity index (χ2v) is 5.35. The number of carbonyl (C=O) groups is 2. The summed E-state index contributed by atoms with van der Waals surface area (Å²) in [6.07, 6.45) is -1.71. The first-order valence-electron chi connectivity index (χ1n) is 7.02. The van der Waals surface area contributed by atoms with Gasteiger partial charge in [-0.25, -0.2) is 0 Å². The van der Waals surface area contributed by atoms with Gasteiger partial charge in [-0.1, -0.05) is 0 Å². The van der Waals surface area contributed by atoms with Crippen LogP contribution in [-0.4, -0.2) is 80.6 Å². The molecule has 0 aliphatic carbocycles. The summed E-state index contributed by atoms with van der Waals surface area (Å²) in [5.41, 5.74) is 0. The van der Waals surface area contributed by atoms with Crippen molar-refractivity contribution in [1.82, 2.24) is 5.32 Å². The molecule has 0 bridgehead atoms. The first-order chi connectivity index (χ1) is 10.8. The SMILES string of the molecule is C#CCCC(=O)NC1C(O)CC(O)(C=O)OC1[C@H](O)[C@H](O)CO. The Hall–Kier alpha value is -1.54. The van der Waals surface area contributed by atoms with Gasteiger partial charge < -0.3 is 35.6 Å². The van der Waals surface area contributed by atoms with Gasteiger partial charge in [0.2, 0.25) is 11.7 Å². The molecule has 0 aromatic carbocycles. The highest BCUT2D eigenvalue weighted by Gasteiger charge is 2.50. The number of rotatable bonds is 7. The minimum atomic E-state index is -2.37. The van der Waals surface area contributed by atoms with Gasteiger partial charge in [-0.2, -0.15) is 0 Å². The molecular formula is C14H21NO8. The largest absolute Gasteiger partial charge is 0.394 e. The zero-order valence-corrected chi connectivity index (χ0v) is 12.3. The average molecular weight is 331 g/mol. The van der Waals surface area contributed by atoms with Gasteiger partial charge in [-0.05, 0) is 0 Å². The molecule has 6 atom stereocenters. The van der Waals surface area contributed by atoms with Crippen molar-refractivity contribution in [3.63, 3.8) is 0 Å². The quantitative estimate of drug-likeness (QED) is 0.209. The predicted molar refractivity (Wildman–Crippen MR) is 75.6 cm³/mol. The van der Waals surface area contributed by atoms with Gasteiger partial charge in [0.25, 0.3) is 0 Å². The van der Waals surface area contributed by atoms with Crippen LogP contribution in [0.5, 0.6) is 0 Å². The number of aliphatic hydroxyl groups is 5. The molecule has 0 aromatic heterocycles. The number of amides is 1. The van der Waals surface area contributed by atoms with Crippen molar-refractivity contribution in [2.45, 2.75) is 55.5 Å². The van der Waals surface area contributed by atoms with E-state index in [9.17, 15) is 30.0 Å². The number of hydrogen-bond acceptors (Lipinski definition) is 8. The molecule has 6 N–H and O–H groups in total. The number of aldehydes is 1. The lowest BCUT2D eigenvalue weighted by molar-refractivity contribution is -0.280. The van der Waals surface area contributed by atoms with Crippen molar-refractivity contribution < 1.29 is 39.9 Å². The summed E-state index contributed by atoms with van der Waals surface area (Å²) in [4.78, 5) is 22.7. The number of terminal acetylenes is 1. The number of nitrogens with one attached hydrogen (secondary N) is 1. The summed E-state index contributed by atoms with van der Waals surface area (Å²) in [6, 6.07) is -1.21. The van der Waals surface area contributed by atoms with Crippen LogP contribution in [0.15, 0.2) is 0 Å². The lowest BCUT2D eigenvalue weighted by Gasteiger charge is -2.44. The number of ether oxygens (including phenoxy) is 1. The smallest absolute Gasteiger partial charge is 0.226 e. The number of carbonyl (C=O) groups excluding carboxylic acids is 2. The predicted octanol–water partition coefficient (Wildman–Crippen LogP) is -3.36. The van der Waals surface area contributed by atoms with Crippen LogP contribution < -0.4 is 5.32 Å². The molecule has 0 aromatic rings. The highest BCUT2D eigenvalue weighted by atomic mass is 16.6. The maximum absolute atomic E-state index is 11.8. The Kier molecular flexibility index (Phi) is 7.08. The maximum Gasteiger partial charge on any atom is 0.226 e. The van der Waals surface area contributed by atoms with E-state index >= 15 is 0 Å². The fraction of sp³-hybridized carbons (Fsp3) is 0.714. The zero-order valence-electron chi connectivity index (χ0n) is 12.3. The lowest BCUT2D eigenvalue weighted by Crippen LogP contribution is -2.66. The van der Waals surface area contributed by atoms with E-state index < -0.39 is 55.2 Å². The van der Waals surface area contributed by atoms with Gasteiger partial charge in [-0.15, -0.1) is 12.3 Å². The summed E-state index contributed by atoms with van der Waals surface area (Å²) in [6.45, 7) is -0.825. The van der Waals surface area contributed by atoms with Gasteiger partial charge in [0.15, 0.2) is 6.29 Å². The second-order valence-electron chi connectivity index (χ2n) is 5.35. The monoisotopic (exact) mass is 331 g/mol. The van der Waals surface area contributed by atoms with E-state index in [2.05, 4.69) is 11.2 Å². The van der Waals surface area contributed by atoms with E-state index in [0.717, 1.165) is 0 Å². The molecule has 1 heterocycles. The standard InChI is InChI=1S/C14H21NO8/c1-2-3-4-10(20)15-11-8(18)5-14(22,7-17)23-13(11)12(21)9(19)6-16/h1,7-9,11-13,16,18-19,21-22H,3-6H2,(H,15,20)/t8?,9-,11?,12-,13?,14?/m1/s1. The molecule has 130 valence electrons. The molecule has 1 saturated heterocycles. The van der Waals surface area contributed by atoms with Crippen molar-refractivity contribution in [3.05, 3.63) is 0 Å². The number of hydrogen-bond donors (Lipinski definition) is 6. The Morgan fingerprint density at radius 3 is 2.70 bits per heavy atom. The third kappa shape index (κ3) is 4.97. The van der Waals surface area contributed by atoms with Crippen LogP contribution >= 0.6 is 0 Å². The van der Waals surface area contributed by atoms with Crippen molar-refractivity contribution in [2.75, 3.05) is 6.61 Å². The van der Waals surface area contributed by atoms with Crippen LogP contribution in [0.3, 0.4) is 0 Å². The molecule has 4 unspecified atom stereocenters. The minimum Gasteiger partial charge on any atom is -0.394 e. The van der Waals surface area contributed by atoms with E-state index in [1.54, 1.807) is 0 Å². The Morgan fingerprint density at radius 2 is 2.17 bits per heavy atom. The second kappa shape index (κ2) is 8.35. The molecule has 1 fully saturated rings. The molecular weight excluding hydrogens is 310 g/mol. The summed E-state index contributed by atoms with van der Waals surface area (Å²) < 4.78 is 5.05. The molecule has 9 nitrogen and oxygen atoms in total. The topological polar surface area (TPSA) is 157 Å². The van der Waals surface area contributed by atoms with E-state index in [4.69, 9.17) is 16.3 Å². The molecule has 0 radical (unpaired) electrons. The Bertz CT molecular complexity index is 464. The van der Waals surface area contributed by atoms with Gasteiger partial charge in [0.1, 0.15) is 18.3 Å². The minimum absolute atomic E-state index is 0.0387. The molecule has 1 rings (SSSR count). The summed E-state index contributed by atoms with van der Waals surface area (Å²) in [5, 5.41) is 50.8. The van der Waals surface area contributed by atoms with Crippen LogP contribution in [0, 0.1) is 12.3 Å². The van der Waals surface area contributed by atoms with Gasteiger partial charge in [-0.3, -0.25) is 9.59 Å². The lowest BCUT2D eigenvalue weighted by atomic mass is 9.89. The van der Waals surface area contributed by atoms with Crippen LogP contribution in [0.25, 0.3) is 0 Å². The summed E-state index contributed by atoms with van der Waals surface area (Å²) >= 11 is 0. The van der Waals surface area contributed by atoms with Crippen LogP contribution in [-0.2, 0) is 14.3 Å². The molecule has 0 saturated carbocycles. The van der Waals surface area contributed by atoms with Crippen LogP contribution in [0.4, 0.5) is 0 Å². The molecule has 0 spiro atoms. The highest BCUT2D eigenvalue weighted by molar-refractivity contribution is 5.76. The Labute approximate surface area is 132 Å². The number of aliphatic hydroxyl groups excluding tert-OH is 4. The van der Waals surface area contributed by atoms with Crippen molar-refractivity contribution in [1.29, 1.82) is 0 Å². The van der Waals surface area contributed by atoms with Crippen LogP contribution in [0.1, 0.15) is 19.3 Å². The van der Waals surface area contributed by atoms with Crippen molar-refractivity contribution >= 4 is 12.2 Å². The van der Waals surface area contributed by atoms with E-state index in [0.29, 0.717) is 0 Å². The van der Waals surface area contributed by atoms with Gasteiger partial charge in [0, 0.05) is 19.3 Å². The molecule has 23 heavy (non-hydrogen) atoms. The first-order valence-corrected chi connectivity index (χ1v) is 7.02. The fourth-order valence-corrected chi connectivity index (χ4v) is 2.31. The van der Waals surface area contributed by atoms with E-state index in [1.165, 1.54) is 0 Å². The summed E-state index contributed by atoms with van der Waals surface area (Å²) in [7, 11) is 0. The Balaban J connectivity index is 2.96. The molecule has 1 aliphatic rings. The third-order valence-corrected chi connectivity index (χ3v) is 3.54. The van der Waals surface area contributed by atoms with Crippen LogP contribution in [0.2, 0.25) is 0 Å². The average Bonchev–Trinajstić information content (AvgIpc) is 2.53. The molecule has 1 amide bonds. The van der Waals surface area contributed by atoms with E-state index in [-0.39, 0.29) is 19.1 Å². The maximum atomic E-state index is 11.8. The molecule has 1 aliphatic heterocycles. The normalized spacial score (nSPS) is 33.3. The summed E-state index contributed by atoms with van der Waals surface area (Å²) in [5.74, 6) is -0.646. The van der Waals surface area contributed by atoms with Crippen molar-refractivity contribution in [2.24, 2.45) is 0 Å². The third-order valence-electron chi connectivity index (χ3n) is 3.54. The zero-order chi connectivity index (χ0) is 17.6. The van der Waals surface area contributed by atoms with E-state index in [1.807, 2.05) is 0 Å². The fourth-order valence-electron chi connectivity index (χ4n) is 2.31. The first kappa shape index (κ1) is 19.5. The molecule has 9 heteroatoms. The highest BCUT2D eigenvalue weighted by Crippen LogP contribution is 2.29. The Morgan fingerprint density at radius 1 is 1.52 bits per heavy atom. The van der Waals surface area contributed by atoms with Gasteiger partial charge >= 0.3 is 0 Å². The van der Waals surface area contributed by atoms with Crippen molar-refractivity contribution in [3.8, 4) is 12.3 Å².